The van der Waals surface area contributed by atoms with Crippen LogP contribution >= 0.6 is 11.6 Å². The predicted octanol–water partition coefficient (Wildman–Crippen LogP) is 4.72. The number of halogens is 1. The average molecular weight is 418 g/mol. The Labute approximate surface area is 181 Å². The van der Waals surface area contributed by atoms with Crippen molar-refractivity contribution in [1.29, 1.82) is 0 Å². The Hall–Kier alpha value is -2.63. The van der Waals surface area contributed by atoms with Gasteiger partial charge in [-0.3, -0.25) is 14.9 Å². The Bertz CT molecular complexity index is 1060. The first kappa shape index (κ1) is 19.3. The van der Waals surface area contributed by atoms with E-state index in [2.05, 4.69) is 32.0 Å². The molecule has 0 atom stereocenters. The van der Waals surface area contributed by atoms with Gasteiger partial charge in [0.2, 0.25) is 0 Å². The number of hydrogen-bond acceptors (Lipinski definition) is 5. The summed E-state index contributed by atoms with van der Waals surface area (Å²) < 4.78 is 0. The van der Waals surface area contributed by atoms with Crippen molar-refractivity contribution in [3.8, 4) is 11.3 Å². The maximum Gasteiger partial charge on any atom is 0.173 e. The molecular weight excluding hydrogens is 394 g/mol. The van der Waals surface area contributed by atoms with Crippen molar-refractivity contribution in [3.05, 3.63) is 76.5 Å². The van der Waals surface area contributed by atoms with E-state index >= 15 is 0 Å². The summed E-state index contributed by atoms with van der Waals surface area (Å²) in [4.78, 5) is 21.2. The van der Waals surface area contributed by atoms with Crippen molar-refractivity contribution in [2.75, 3.05) is 13.1 Å². The summed E-state index contributed by atoms with van der Waals surface area (Å²) in [6.45, 7) is 3.66. The lowest BCUT2D eigenvalue weighted by Gasteiger charge is -2.28. The normalized spacial score (nSPS) is 16.8. The molecule has 0 bridgehead atoms. The minimum Gasteiger partial charge on any atom is -0.294 e. The van der Waals surface area contributed by atoms with E-state index in [-0.39, 0.29) is 0 Å². The zero-order valence-corrected chi connectivity index (χ0v) is 17.6. The zero-order valence-electron chi connectivity index (χ0n) is 16.9. The molecule has 0 saturated heterocycles. The van der Waals surface area contributed by atoms with Crippen LogP contribution in [0.3, 0.4) is 0 Å². The van der Waals surface area contributed by atoms with Crippen molar-refractivity contribution in [2.45, 2.75) is 38.8 Å². The van der Waals surface area contributed by atoms with E-state index in [0.29, 0.717) is 0 Å². The zero-order chi connectivity index (χ0) is 20.3. The van der Waals surface area contributed by atoms with Gasteiger partial charge in [0.15, 0.2) is 5.82 Å². The van der Waals surface area contributed by atoms with Gasteiger partial charge in [0, 0.05) is 61.1 Å². The molecule has 2 aromatic heterocycles. The van der Waals surface area contributed by atoms with Crippen LogP contribution in [0, 0.1) is 0 Å². The van der Waals surface area contributed by atoms with Crippen LogP contribution in [-0.4, -0.2) is 38.7 Å². The van der Waals surface area contributed by atoms with Gasteiger partial charge in [-0.2, -0.15) is 0 Å². The monoisotopic (exact) mass is 417 g/mol. The highest BCUT2D eigenvalue weighted by molar-refractivity contribution is 6.30. The van der Waals surface area contributed by atoms with Crippen molar-refractivity contribution < 1.29 is 0 Å². The molecule has 0 amide bonds. The fraction of sp³-hybridized carbons (Fsp3) is 0.333. The van der Waals surface area contributed by atoms with E-state index in [0.717, 1.165) is 66.8 Å². The van der Waals surface area contributed by atoms with Crippen molar-refractivity contribution in [1.82, 2.24) is 19.9 Å². The summed E-state index contributed by atoms with van der Waals surface area (Å²) >= 11 is 5.98. The highest BCUT2D eigenvalue weighted by Gasteiger charge is 2.20. The maximum absolute atomic E-state index is 5.98. The van der Waals surface area contributed by atoms with Gasteiger partial charge in [0.25, 0.3) is 0 Å². The Morgan fingerprint density at radius 3 is 2.60 bits per heavy atom. The first-order valence-electron chi connectivity index (χ1n) is 10.6. The lowest BCUT2D eigenvalue weighted by Crippen LogP contribution is -2.31. The van der Waals surface area contributed by atoms with Crippen LogP contribution in [0.4, 0.5) is 0 Å². The Morgan fingerprint density at radius 1 is 0.933 bits per heavy atom. The number of aromatic nitrogens is 3. The van der Waals surface area contributed by atoms with Crippen LogP contribution in [0.5, 0.6) is 0 Å². The summed E-state index contributed by atoms with van der Waals surface area (Å²) in [6.07, 6.45) is 8.30. The molecule has 5 rings (SSSR count). The van der Waals surface area contributed by atoms with E-state index in [1.165, 1.54) is 29.7 Å². The van der Waals surface area contributed by atoms with Crippen LogP contribution in [0.1, 0.15) is 41.9 Å². The van der Waals surface area contributed by atoms with Gasteiger partial charge in [0.05, 0.1) is 17.1 Å². The van der Waals surface area contributed by atoms with E-state index < -0.39 is 0 Å². The molecule has 0 saturated carbocycles. The lowest BCUT2D eigenvalue weighted by atomic mass is 10.0. The standard InChI is InChI=1S/C24H24ClN5/c25-20-7-5-18(6-8-20)21-9-4-17(13-27-21)15-30-12-10-22-19(16-30)14-28-24(29-22)23-3-1-2-11-26-23/h4-9,13-14H,1-3,10-12,15-16H2. The molecule has 2 aliphatic rings. The van der Waals surface area contributed by atoms with Crippen molar-refractivity contribution in [3.63, 3.8) is 0 Å². The van der Waals surface area contributed by atoms with Gasteiger partial charge in [-0.25, -0.2) is 9.97 Å². The predicted molar refractivity (Wildman–Crippen MR) is 120 cm³/mol. The first-order valence-corrected chi connectivity index (χ1v) is 10.9. The Kier molecular flexibility index (Phi) is 5.56. The number of nitrogens with zero attached hydrogens (tertiary/aromatic N) is 5. The van der Waals surface area contributed by atoms with Crippen LogP contribution in [0.2, 0.25) is 5.02 Å². The molecule has 1 aromatic carbocycles. The van der Waals surface area contributed by atoms with E-state index in [9.17, 15) is 0 Å². The minimum atomic E-state index is 0.739. The summed E-state index contributed by atoms with van der Waals surface area (Å²) in [7, 11) is 0. The van der Waals surface area contributed by atoms with Gasteiger partial charge < -0.3 is 0 Å². The molecule has 0 N–H and O–H groups in total. The summed E-state index contributed by atoms with van der Waals surface area (Å²) in [6, 6.07) is 12.0. The quantitative estimate of drug-likeness (QED) is 0.616. The van der Waals surface area contributed by atoms with E-state index in [1.54, 1.807) is 0 Å². The molecule has 5 nitrogen and oxygen atoms in total. The number of pyridine rings is 1. The third kappa shape index (κ3) is 4.27. The third-order valence-corrected chi connectivity index (χ3v) is 6.02. The van der Waals surface area contributed by atoms with E-state index in [4.69, 9.17) is 16.6 Å². The molecule has 4 heterocycles. The molecule has 0 aliphatic carbocycles. The first-order chi connectivity index (χ1) is 14.7. The molecule has 0 unspecified atom stereocenters. The largest absolute Gasteiger partial charge is 0.294 e. The molecule has 0 fully saturated rings. The second kappa shape index (κ2) is 8.62. The summed E-state index contributed by atoms with van der Waals surface area (Å²) in [5.41, 5.74) is 6.75. The number of fused-ring (bicyclic) bond motifs is 1. The fourth-order valence-corrected chi connectivity index (χ4v) is 4.22. The van der Waals surface area contributed by atoms with Gasteiger partial charge in [0.1, 0.15) is 0 Å². The molecule has 2 aliphatic heterocycles. The second-order valence-corrected chi connectivity index (χ2v) is 8.41. The van der Waals surface area contributed by atoms with Gasteiger partial charge in [-0.1, -0.05) is 29.8 Å². The van der Waals surface area contributed by atoms with Gasteiger partial charge >= 0.3 is 0 Å². The average Bonchev–Trinajstić information content (AvgIpc) is 2.80. The molecule has 0 radical (unpaired) electrons. The topological polar surface area (TPSA) is 54.3 Å². The second-order valence-electron chi connectivity index (χ2n) is 7.97. The van der Waals surface area contributed by atoms with Gasteiger partial charge in [-0.15, -0.1) is 0 Å². The number of aliphatic imine (C=N–C) groups is 1. The van der Waals surface area contributed by atoms with Crippen LogP contribution < -0.4 is 0 Å². The number of rotatable bonds is 4. The van der Waals surface area contributed by atoms with Crippen molar-refractivity contribution in [2.24, 2.45) is 4.99 Å². The highest BCUT2D eigenvalue weighted by Crippen LogP contribution is 2.22. The number of hydrogen-bond donors (Lipinski definition) is 0. The SMILES string of the molecule is Clc1ccc(-c2ccc(CN3CCc4nc(C5=NCCCC5)ncc4C3)cn2)cc1. The molecule has 152 valence electrons. The van der Waals surface area contributed by atoms with Crippen LogP contribution in [0.25, 0.3) is 11.3 Å². The molecular formula is C24H24ClN5. The fourth-order valence-electron chi connectivity index (χ4n) is 4.10. The minimum absolute atomic E-state index is 0.739. The third-order valence-electron chi connectivity index (χ3n) is 5.77. The van der Waals surface area contributed by atoms with E-state index in [1.807, 2.05) is 36.7 Å². The molecule has 30 heavy (non-hydrogen) atoms. The molecule has 6 heteroatoms. The Balaban J connectivity index is 1.25. The lowest BCUT2D eigenvalue weighted by molar-refractivity contribution is 0.242. The van der Waals surface area contributed by atoms with Crippen LogP contribution in [-0.2, 0) is 19.5 Å². The smallest absolute Gasteiger partial charge is 0.173 e. The van der Waals surface area contributed by atoms with Gasteiger partial charge in [-0.05, 0) is 43.0 Å². The molecule has 3 aromatic rings. The summed E-state index contributed by atoms with van der Waals surface area (Å²) in [5.74, 6) is 0.837. The Morgan fingerprint density at radius 2 is 1.83 bits per heavy atom. The highest BCUT2D eigenvalue weighted by atomic mass is 35.5. The van der Waals surface area contributed by atoms with Crippen molar-refractivity contribution >= 4 is 17.3 Å². The van der Waals surface area contributed by atoms with Crippen LogP contribution in [0.15, 0.2) is 53.8 Å². The number of benzene rings is 1. The summed E-state index contributed by atoms with van der Waals surface area (Å²) in [5, 5.41) is 0.739. The maximum atomic E-state index is 5.98. The molecule has 0 spiro atoms.